The van der Waals surface area contributed by atoms with Crippen LogP contribution >= 0.6 is 11.6 Å². The summed E-state index contributed by atoms with van der Waals surface area (Å²) in [7, 11) is 0. The number of nitrogens with one attached hydrogen (secondary N) is 1. The Morgan fingerprint density at radius 2 is 1.78 bits per heavy atom. The zero-order valence-corrected chi connectivity index (χ0v) is 14.4. The Bertz CT molecular complexity index is 967. The number of hydrazone groups is 1. The van der Waals surface area contributed by atoms with E-state index in [1.807, 2.05) is 0 Å². The Morgan fingerprint density at radius 3 is 2.41 bits per heavy atom. The molecule has 5 nitrogen and oxygen atoms in total. The van der Waals surface area contributed by atoms with Gasteiger partial charge in [-0.05, 0) is 29.8 Å². The number of halogens is 4. The number of carbonyl (C=O) groups is 1. The molecule has 2 aromatic carbocycles. The fourth-order valence-corrected chi connectivity index (χ4v) is 2.46. The lowest BCUT2D eigenvalue weighted by Crippen LogP contribution is -2.23. The van der Waals surface area contributed by atoms with E-state index in [1.54, 1.807) is 30.3 Å². The molecule has 1 amide bonds. The monoisotopic (exact) mass is 392 g/mol. The maximum atomic E-state index is 13.5. The van der Waals surface area contributed by atoms with Crippen molar-refractivity contribution in [1.82, 2.24) is 15.2 Å². The molecule has 0 radical (unpaired) electrons. The number of benzene rings is 2. The van der Waals surface area contributed by atoms with Crippen LogP contribution in [0.25, 0.3) is 5.69 Å². The lowest BCUT2D eigenvalue weighted by molar-refractivity contribution is -0.143. The van der Waals surface area contributed by atoms with Crippen LogP contribution in [0.2, 0.25) is 5.02 Å². The molecule has 0 saturated heterocycles. The molecule has 1 heterocycles. The van der Waals surface area contributed by atoms with Gasteiger partial charge in [0.15, 0.2) is 5.69 Å². The summed E-state index contributed by atoms with van der Waals surface area (Å²) in [5.41, 5.74) is 1.07. The lowest BCUT2D eigenvalue weighted by atomic mass is 10.2. The highest BCUT2D eigenvalue weighted by molar-refractivity contribution is 6.30. The van der Waals surface area contributed by atoms with Crippen molar-refractivity contribution in [3.8, 4) is 5.69 Å². The summed E-state index contributed by atoms with van der Waals surface area (Å²) in [5.74, 6) is -1.02. The van der Waals surface area contributed by atoms with E-state index < -0.39 is 23.3 Å². The number of aromatic nitrogens is 2. The Hall–Kier alpha value is -3.13. The van der Waals surface area contributed by atoms with Gasteiger partial charge < -0.3 is 0 Å². The average Bonchev–Trinajstić information content (AvgIpc) is 3.09. The SMILES string of the molecule is O=C(NN=Cc1ccccc1)c1cnn(-c2ccc(Cl)cc2)c1C(F)(F)F. The average molecular weight is 393 g/mol. The van der Waals surface area contributed by atoms with E-state index in [4.69, 9.17) is 11.6 Å². The van der Waals surface area contributed by atoms with Gasteiger partial charge in [0.25, 0.3) is 5.91 Å². The molecule has 0 spiro atoms. The minimum atomic E-state index is -4.80. The van der Waals surface area contributed by atoms with Gasteiger partial charge in [0, 0.05) is 5.02 Å². The molecule has 9 heteroatoms. The Labute approximate surface area is 157 Å². The minimum absolute atomic E-state index is 0.124. The normalized spacial score (nSPS) is 11.7. The van der Waals surface area contributed by atoms with Crippen molar-refractivity contribution >= 4 is 23.7 Å². The number of carbonyl (C=O) groups excluding carboxylic acids is 1. The molecule has 1 N–H and O–H groups in total. The molecule has 138 valence electrons. The predicted octanol–water partition coefficient (Wildman–Crippen LogP) is 4.31. The van der Waals surface area contributed by atoms with Crippen molar-refractivity contribution in [2.75, 3.05) is 0 Å². The largest absolute Gasteiger partial charge is 0.434 e. The minimum Gasteiger partial charge on any atom is -0.267 e. The summed E-state index contributed by atoms with van der Waals surface area (Å²) >= 11 is 5.76. The number of nitrogens with zero attached hydrogens (tertiary/aromatic N) is 3. The van der Waals surface area contributed by atoms with Gasteiger partial charge in [0.05, 0.1) is 23.7 Å². The number of hydrogen-bond acceptors (Lipinski definition) is 3. The zero-order valence-electron chi connectivity index (χ0n) is 13.6. The second-order valence-electron chi connectivity index (χ2n) is 5.40. The predicted molar refractivity (Wildman–Crippen MR) is 95.1 cm³/mol. The number of amides is 1. The number of rotatable bonds is 4. The van der Waals surface area contributed by atoms with Crippen molar-refractivity contribution in [2.24, 2.45) is 5.10 Å². The van der Waals surface area contributed by atoms with Crippen LogP contribution in [0.1, 0.15) is 21.6 Å². The van der Waals surface area contributed by atoms with E-state index >= 15 is 0 Å². The molecule has 1 aromatic heterocycles. The van der Waals surface area contributed by atoms with Gasteiger partial charge in [0.1, 0.15) is 0 Å². The first kappa shape index (κ1) is 18.7. The third-order valence-electron chi connectivity index (χ3n) is 3.53. The van der Waals surface area contributed by atoms with Gasteiger partial charge in [0.2, 0.25) is 0 Å². The first-order valence-electron chi connectivity index (χ1n) is 7.66. The summed E-state index contributed by atoms with van der Waals surface area (Å²) in [5, 5.41) is 7.77. The standard InChI is InChI=1S/C18H12ClF3N4O/c19-13-6-8-14(9-7-13)26-16(18(20,21)22)15(11-24-26)17(27)25-23-10-12-4-2-1-3-5-12/h1-11H,(H,25,27). The Morgan fingerprint density at radius 1 is 1.11 bits per heavy atom. The van der Waals surface area contributed by atoms with E-state index in [0.717, 1.165) is 6.20 Å². The van der Waals surface area contributed by atoms with Crippen LogP contribution in [-0.2, 0) is 6.18 Å². The second-order valence-corrected chi connectivity index (χ2v) is 5.84. The van der Waals surface area contributed by atoms with Crippen molar-refractivity contribution in [3.05, 3.63) is 82.6 Å². The van der Waals surface area contributed by atoms with Crippen LogP contribution < -0.4 is 5.43 Å². The highest BCUT2D eigenvalue weighted by Gasteiger charge is 2.40. The molecule has 0 aliphatic carbocycles. The van der Waals surface area contributed by atoms with Gasteiger partial charge in [-0.3, -0.25) is 4.79 Å². The van der Waals surface area contributed by atoms with E-state index in [9.17, 15) is 18.0 Å². The molecule has 0 fully saturated rings. The Balaban J connectivity index is 1.90. The van der Waals surface area contributed by atoms with Gasteiger partial charge in [-0.1, -0.05) is 41.9 Å². The van der Waals surface area contributed by atoms with E-state index in [-0.39, 0.29) is 5.69 Å². The van der Waals surface area contributed by atoms with Gasteiger partial charge in [-0.15, -0.1) is 0 Å². The van der Waals surface area contributed by atoms with Gasteiger partial charge in [-0.2, -0.15) is 23.4 Å². The molecule has 3 rings (SSSR count). The highest BCUT2D eigenvalue weighted by atomic mass is 35.5. The molecular weight excluding hydrogens is 381 g/mol. The number of alkyl halides is 3. The molecule has 0 atom stereocenters. The summed E-state index contributed by atoms with van der Waals surface area (Å²) in [6.45, 7) is 0. The summed E-state index contributed by atoms with van der Waals surface area (Å²) in [4.78, 5) is 12.2. The maximum absolute atomic E-state index is 13.5. The quantitative estimate of drug-likeness (QED) is 0.531. The second kappa shape index (κ2) is 7.63. The smallest absolute Gasteiger partial charge is 0.267 e. The third-order valence-corrected chi connectivity index (χ3v) is 3.78. The first-order valence-corrected chi connectivity index (χ1v) is 8.03. The van der Waals surface area contributed by atoms with Crippen LogP contribution in [0.5, 0.6) is 0 Å². The van der Waals surface area contributed by atoms with E-state index in [0.29, 0.717) is 15.3 Å². The van der Waals surface area contributed by atoms with Crippen molar-refractivity contribution in [2.45, 2.75) is 6.18 Å². The molecule has 3 aromatic rings. The van der Waals surface area contributed by atoms with Gasteiger partial charge in [-0.25, -0.2) is 10.1 Å². The van der Waals surface area contributed by atoms with Crippen LogP contribution in [0.15, 0.2) is 65.9 Å². The molecule has 27 heavy (non-hydrogen) atoms. The van der Waals surface area contributed by atoms with Crippen LogP contribution in [-0.4, -0.2) is 21.9 Å². The number of hydrogen-bond donors (Lipinski definition) is 1. The molecule has 0 unspecified atom stereocenters. The molecule has 0 aliphatic rings. The maximum Gasteiger partial charge on any atom is 0.434 e. The topological polar surface area (TPSA) is 59.3 Å². The van der Waals surface area contributed by atoms with Crippen molar-refractivity contribution in [3.63, 3.8) is 0 Å². The van der Waals surface area contributed by atoms with E-state index in [2.05, 4.69) is 15.6 Å². The fraction of sp³-hybridized carbons (Fsp3) is 0.0556. The molecule has 0 aliphatic heterocycles. The van der Waals surface area contributed by atoms with Crippen LogP contribution in [0, 0.1) is 0 Å². The first-order chi connectivity index (χ1) is 12.9. The lowest BCUT2D eigenvalue weighted by Gasteiger charge is -2.12. The molecule has 0 bridgehead atoms. The highest BCUT2D eigenvalue weighted by Crippen LogP contribution is 2.33. The molecular formula is C18H12ClF3N4O. The Kier molecular flexibility index (Phi) is 5.27. The van der Waals surface area contributed by atoms with Crippen LogP contribution in [0.4, 0.5) is 13.2 Å². The van der Waals surface area contributed by atoms with Crippen molar-refractivity contribution < 1.29 is 18.0 Å². The molecule has 0 saturated carbocycles. The third kappa shape index (κ3) is 4.35. The summed E-state index contributed by atoms with van der Waals surface area (Å²) in [6.07, 6.45) is -2.62. The van der Waals surface area contributed by atoms with E-state index in [1.165, 1.54) is 30.5 Å². The summed E-state index contributed by atoms with van der Waals surface area (Å²) in [6, 6.07) is 14.4. The fourth-order valence-electron chi connectivity index (χ4n) is 2.33. The van der Waals surface area contributed by atoms with Gasteiger partial charge >= 0.3 is 6.18 Å². The summed E-state index contributed by atoms with van der Waals surface area (Å²) < 4.78 is 41.3. The van der Waals surface area contributed by atoms with Crippen molar-refractivity contribution in [1.29, 1.82) is 0 Å². The van der Waals surface area contributed by atoms with Crippen LogP contribution in [0.3, 0.4) is 0 Å². The zero-order chi connectivity index (χ0) is 19.4.